The number of hydrogen-bond acceptors (Lipinski definition) is 2. The molecule has 0 N–H and O–H groups in total. The first kappa shape index (κ1) is 14.2. The Morgan fingerprint density at radius 2 is 1.12 bits per heavy atom. The molecule has 2 nitrogen and oxygen atoms in total. The molecule has 0 atom stereocenters. The highest BCUT2D eigenvalue weighted by atomic mass is 14.9. The van der Waals surface area contributed by atoms with Crippen molar-refractivity contribution in [1.82, 2.24) is 9.97 Å². The summed E-state index contributed by atoms with van der Waals surface area (Å²) in [4.78, 5) is 9.20. The normalized spacial score (nSPS) is 11.4. The molecule has 114 valence electrons. The zero-order valence-corrected chi connectivity index (χ0v) is 13.5. The first-order chi connectivity index (χ1) is 12.3. The molecule has 1 aromatic heterocycles. The molecule has 0 unspecified atom stereocenters. The first-order valence-corrected chi connectivity index (χ1v) is 8.25. The van der Waals surface area contributed by atoms with Gasteiger partial charge < -0.3 is 0 Å². The van der Waals surface area contributed by atoms with Crippen molar-refractivity contribution in [3.05, 3.63) is 78.9 Å². The lowest BCUT2D eigenvalue weighted by Gasteiger charge is -2.14. The van der Waals surface area contributed by atoms with Gasteiger partial charge in [-0.15, -0.1) is 0 Å². The van der Waals surface area contributed by atoms with E-state index in [0.29, 0.717) is 5.72 Å². The van der Waals surface area contributed by atoms with Gasteiger partial charge in [-0.25, -0.2) is 9.97 Å². The van der Waals surface area contributed by atoms with Crippen LogP contribution in [-0.4, -0.2) is 17.8 Å². The van der Waals surface area contributed by atoms with Crippen molar-refractivity contribution in [2.45, 2.75) is 0 Å². The van der Waals surface area contributed by atoms with Crippen molar-refractivity contribution >= 4 is 46.0 Å². The van der Waals surface area contributed by atoms with Crippen LogP contribution in [0.1, 0.15) is 0 Å². The SMILES string of the molecule is [B]c1nc(-c2ccccc2)c2c3ccccc3c3ccccc3c2n1. The second-order valence-electron chi connectivity index (χ2n) is 6.11. The Balaban J connectivity index is 2.11. The average Bonchev–Trinajstić information content (AvgIpc) is 2.68. The fourth-order valence-corrected chi connectivity index (χ4v) is 3.59. The molecule has 0 spiro atoms. The van der Waals surface area contributed by atoms with Gasteiger partial charge in [0.1, 0.15) is 0 Å². The summed E-state index contributed by atoms with van der Waals surface area (Å²) in [6.45, 7) is 0. The van der Waals surface area contributed by atoms with Crippen LogP contribution in [0.4, 0.5) is 0 Å². The van der Waals surface area contributed by atoms with Gasteiger partial charge >= 0.3 is 0 Å². The molecule has 1 heterocycles. The Bertz CT molecular complexity index is 1250. The van der Waals surface area contributed by atoms with Gasteiger partial charge in [0.15, 0.2) is 7.85 Å². The topological polar surface area (TPSA) is 25.8 Å². The maximum absolute atomic E-state index is 6.07. The van der Waals surface area contributed by atoms with Crippen molar-refractivity contribution < 1.29 is 0 Å². The van der Waals surface area contributed by atoms with Crippen LogP contribution in [0.5, 0.6) is 0 Å². The molecular formula is C22H13BN2. The van der Waals surface area contributed by atoms with Crippen molar-refractivity contribution in [3.8, 4) is 11.3 Å². The molecule has 0 aliphatic heterocycles. The first-order valence-electron chi connectivity index (χ1n) is 8.25. The number of benzene rings is 4. The molecule has 2 radical (unpaired) electrons. The van der Waals surface area contributed by atoms with Gasteiger partial charge in [-0.05, 0) is 16.2 Å². The third kappa shape index (κ3) is 2.13. The van der Waals surface area contributed by atoms with Gasteiger partial charge in [0, 0.05) is 16.3 Å². The highest BCUT2D eigenvalue weighted by molar-refractivity contribution is 6.32. The van der Waals surface area contributed by atoms with E-state index in [1.54, 1.807) is 0 Å². The van der Waals surface area contributed by atoms with E-state index in [-0.39, 0.29) is 0 Å². The van der Waals surface area contributed by atoms with Gasteiger partial charge in [0.25, 0.3) is 0 Å². The van der Waals surface area contributed by atoms with E-state index >= 15 is 0 Å². The Morgan fingerprint density at radius 1 is 0.560 bits per heavy atom. The Hall–Kier alpha value is -3.20. The van der Waals surface area contributed by atoms with Crippen LogP contribution >= 0.6 is 0 Å². The van der Waals surface area contributed by atoms with E-state index < -0.39 is 0 Å². The van der Waals surface area contributed by atoms with Crippen LogP contribution in [-0.2, 0) is 0 Å². The van der Waals surface area contributed by atoms with Crippen LogP contribution < -0.4 is 5.72 Å². The Kier molecular flexibility index (Phi) is 3.07. The molecule has 5 aromatic rings. The molecule has 5 rings (SSSR count). The Labute approximate surface area is 146 Å². The van der Waals surface area contributed by atoms with E-state index in [9.17, 15) is 0 Å². The van der Waals surface area contributed by atoms with Crippen molar-refractivity contribution in [2.75, 3.05) is 0 Å². The monoisotopic (exact) mass is 316 g/mol. The summed E-state index contributed by atoms with van der Waals surface area (Å²) >= 11 is 0. The standard InChI is InChI=1S/C22H13BN2/c23-22-24-20(14-8-2-1-3-9-14)19-17-12-6-4-10-15(17)16-11-5-7-13-18(16)21(19)25-22/h1-13H. The van der Waals surface area contributed by atoms with Gasteiger partial charge in [-0.2, -0.15) is 0 Å². The Morgan fingerprint density at radius 3 is 1.84 bits per heavy atom. The van der Waals surface area contributed by atoms with Gasteiger partial charge in [0.05, 0.1) is 16.9 Å². The van der Waals surface area contributed by atoms with Crippen molar-refractivity contribution in [1.29, 1.82) is 0 Å². The van der Waals surface area contributed by atoms with Crippen molar-refractivity contribution in [3.63, 3.8) is 0 Å². The highest BCUT2D eigenvalue weighted by Gasteiger charge is 2.15. The van der Waals surface area contributed by atoms with E-state index in [1.807, 2.05) is 24.3 Å². The molecule has 3 heteroatoms. The van der Waals surface area contributed by atoms with E-state index in [4.69, 9.17) is 7.85 Å². The molecule has 0 fully saturated rings. The maximum atomic E-state index is 6.07. The third-order valence-electron chi connectivity index (χ3n) is 4.64. The summed E-state index contributed by atoms with van der Waals surface area (Å²) in [5.41, 5.74) is 3.12. The van der Waals surface area contributed by atoms with E-state index in [2.05, 4.69) is 64.6 Å². The summed E-state index contributed by atoms with van der Waals surface area (Å²) < 4.78 is 0. The molecule has 4 aromatic carbocycles. The zero-order chi connectivity index (χ0) is 16.8. The molecule has 0 saturated carbocycles. The minimum atomic E-state index is 0.298. The number of nitrogens with zero attached hydrogens (tertiary/aromatic N) is 2. The lowest BCUT2D eigenvalue weighted by Crippen LogP contribution is -2.14. The van der Waals surface area contributed by atoms with Gasteiger partial charge in [0.2, 0.25) is 0 Å². The zero-order valence-electron chi connectivity index (χ0n) is 13.5. The largest absolute Gasteiger partial charge is 0.245 e. The van der Waals surface area contributed by atoms with Crippen LogP contribution in [0.15, 0.2) is 78.9 Å². The second kappa shape index (κ2) is 5.42. The maximum Gasteiger partial charge on any atom is 0.170 e. The van der Waals surface area contributed by atoms with E-state index in [1.165, 1.54) is 10.8 Å². The fourth-order valence-electron chi connectivity index (χ4n) is 3.59. The summed E-state index contributed by atoms with van der Waals surface area (Å²) in [5, 5.41) is 5.69. The number of hydrogen-bond donors (Lipinski definition) is 0. The molecule has 0 aliphatic carbocycles. The van der Waals surface area contributed by atoms with Gasteiger partial charge in [-0.1, -0.05) is 78.9 Å². The molecular weight excluding hydrogens is 303 g/mol. The van der Waals surface area contributed by atoms with Crippen LogP contribution in [0.2, 0.25) is 0 Å². The second-order valence-corrected chi connectivity index (χ2v) is 6.11. The van der Waals surface area contributed by atoms with E-state index in [0.717, 1.165) is 32.9 Å². The molecule has 0 saturated heterocycles. The lowest BCUT2D eigenvalue weighted by molar-refractivity contribution is 1.31. The summed E-state index contributed by atoms with van der Waals surface area (Å²) in [6, 6.07) is 26.9. The minimum Gasteiger partial charge on any atom is -0.245 e. The molecule has 0 amide bonds. The predicted octanol–water partition coefficient (Wildman–Crippen LogP) is 4.40. The third-order valence-corrected chi connectivity index (χ3v) is 4.64. The van der Waals surface area contributed by atoms with Crippen LogP contribution in [0, 0.1) is 0 Å². The lowest BCUT2D eigenvalue weighted by atomic mass is 9.94. The molecule has 0 bridgehead atoms. The molecule has 0 aliphatic rings. The number of rotatable bonds is 1. The van der Waals surface area contributed by atoms with Crippen molar-refractivity contribution in [2.24, 2.45) is 0 Å². The smallest absolute Gasteiger partial charge is 0.170 e. The quantitative estimate of drug-likeness (QED) is 0.338. The average molecular weight is 316 g/mol. The van der Waals surface area contributed by atoms with Crippen LogP contribution in [0.3, 0.4) is 0 Å². The highest BCUT2D eigenvalue weighted by Crippen LogP contribution is 2.37. The minimum absolute atomic E-state index is 0.298. The summed E-state index contributed by atoms with van der Waals surface area (Å²) in [5.74, 6) is 0. The fraction of sp³-hybridized carbons (Fsp3) is 0. The number of aromatic nitrogens is 2. The summed E-state index contributed by atoms with van der Waals surface area (Å²) in [6.07, 6.45) is 0. The van der Waals surface area contributed by atoms with Gasteiger partial charge in [-0.3, -0.25) is 0 Å². The van der Waals surface area contributed by atoms with Crippen LogP contribution in [0.25, 0.3) is 43.7 Å². The summed E-state index contributed by atoms with van der Waals surface area (Å²) in [7, 11) is 6.07. The predicted molar refractivity (Wildman–Crippen MR) is 105 cm³/mol. The molecule has 25 heavy (non-hydrogen) atoms. The number of fused-ring (bicyclic) bond motifs is 6.